The van der Waals surface area contributed by atoms with Gasteiger partial charge in [-0.1, -0.05) is 11.6 Å². The molecule has 0 aliphatic heterocycles. The van der Waals surface area contributed by atoms with E-state index in [0.29, 0.717) is 24.7 Å². The van der Waals surface area contributed by atoms with Crippen molar-refractivity contribution in [2.45, 2.75) is 33.0 Å². The first-order chi connectivity index (χ1) is 11.8. The Bertz CT molecular complexity index is 605. The van der Waals surface area contributed by atoms with Gasteiger partial charge >= 0.3 is 5.97 Å². The highest BCUT2D eigenvalue weighted by Crippen LogP contribution is 2.37. The first kappa shape index (κ1) is 21.1. The Kier molecular flexibility index (Phi) is 8.51. The van der Waals surface area contributed by atoms with E-state index >= 15 is 0 Å². The molecule has 0 saturated carbocycles. The molecule has 0 bridgehead atoms. The number of esters is 1. The minimum atomic E-state index is -0.958. The second-order valence-corrected chi connectivity index (χ2v) is 5.89. The van der Waals surface area contributed by atoms with Crippen molar-refractivity contribution < 1.29 is 28.5 Å². The van der Waals surface area contributed by atoms with Crippen LogP contribution in [-0.4, -0.2) is 51.5 Å². The van der Waals surface area contributed by atoms with Crippen LogP contribution in [0.3, 0.4) is 0 Å². The van der Waals surface area contributed by atoms with Crippen molar-refractivity contribution in [3.05, 3.63) is 22.7 Å². The minimum Gasteiger partial charge on any atom is -0.493 e. The summed E-state index contributed by atoms with van der Waals surface area (Å²) in [5, 5.41) is 2.81. The zero-order valence-corrected chi connectivity index (χ0v) is 15.8. The molecule has 0 spiro atoms. The van der Waals surface area contributed by atoms with Gasteiger partial charge in [0.25, 0.3) is 5.91 Å². The number of rotatable bonds is 9. The summed E-state index contributed by atoms with van der Waals surface area (Å²) >= 11 is 6.18. The van der Waals surface area contributed by atoms with Crippen LogP contribution in [0.4, 0.5) is 0 Å². The zero-order valence-electron chi connectivity index (χ0n) is 15.1. The monoisotopic (exact) mass is 373 g/mol. The Labute approximate surface area is 152 Å². The number of hydrogen-bond donors (Lipinski definition) is 1. The van der Waals surface area contributed by atoms with Gasteiger partial charge in [0.15, 0.2) is 17.6 Å². The van der Waals surface area contributed by atoms with Gasteiger partial charge in [-0.15, -0.1) is 0 Å². The largest absolute Gasteiger partial charge is 0.493 e. The van der Waals surface area contributed by atoms with Gasteiger partial charge in [-0.2, -0.15) is 0 Å². The molecule has 1 aromatic carbocycles. The fourth-order valence-electron chi connectivity index (χ4n) is 1.89. The molecular formula is C17H24ClNO6. The van der Waals surface area contributed by atoms with Gasteiger partial charge < -0.3 is 24.3 Å². The van der Waals surface area contributed by atoms with Gasteiger partial charge in [-0.05, 0) is 32.9 Å². The lowest BCUT2D eigenvalue weighted by molar-refractivity contribution is -0.129. The van der Waals surface area contributed by atoms with E-state index in [-0.39, 0.29) is 16.7 Å². The highest BCUT2D eigenvalue weighted by atomic mass is 35.5. The van der Waals surface area contributed by atoms with Crippen molar-refractivity contribution in [1.82, 2.24) is 5.32 Å². The Morgan fingerprint density at radius 2 is 1.88 bits per heavy atom. The third-order valence-corrected chi connectivity index (χ3v) is 3.36. The molecule has 1 N–H and O–H groups in total. The molecule has 0 aliphatic carbocycles. The van der Waals surface area contributed by atoms with Crippen LogP contribution in [0.25, 0.3) is 0 Å². The minimum absolute atomic E-state index is 0.111. The van der Waals surface area contributed by atoms with E-state index in [4.69, 9.17) is 30.5 Å². The van der Waals surface area contributed by atoms with E-state index in [1.54, 1.807) is 0 Å². The summed E-state index contributed by atoms with van der Waals surface area (Å²) in [5.74, 6) is -0.444. The summed E-state index contributed by atoms with van der Waals surface area (Å²) in [6.07, 6.45) is -1.07. The van der Waals surface area contributed by atoms with Crippen LogP contribution in [0.1, 0.15) is 31.1 Å². The van der Waals surface area contributed by atoms with Gasteiger partial charge in [-0.3, -0.25) is 4.79 Å². The molecule has 0 heterocycles. The second kappa shape index (κ2) is 10.1. The summed E-state index contributed by atoms with van der Waals surface area (Å²) in [7, 11) is 2.97. The third-order valence-electron chi connectivity index (χ3n) is 3.08. The number of nitrogens with one attached hydrogen (secondary N) is 1. The Balaban J connectivity index is 2.84. The number of benzene rings is 1. The van der Waals surface area contributed by atoms with E-state index in [1.807, 2.05) is 13.8 Å². The Morgan fingerprint density at radius 1 is 1.20 bits per heavy atom. The van der Waals surface area contributed by atoms with E-state index in [1.165, 1.54) is 33.3 Å². The number of hydrogen-bond acceptors (Lipinski definition) is 6. The van der Waals surface area contributed by atoms with Crippen molar-refractivity contribution in [3.63, 3.8) is 0 Å². The molecule has 8 heteroatoms. The van der Waals surface area contributed by atoms with Crippen LogP contribution in [0.2, 0.25) is 5.02 Å². The van der Waals surface area contributed by atoms with Gasteiger partial charge in [-0.25, -0.2) is 4.79 Å². The lowest BCUT2D eigenvalue weighted by atomic mass is 10.2. The van der Waals surface area contributed by atoms with E-state index in [9.17, 15) is 9.59 Å². The number of carbonyl (C=O) groups excluding carboxylic acids is 2. The van der Waals surface area contributed by atoms with Gasteiger partial charge in [0.1, 0.15) is 0 Å². The Morgan fingerprint density at radius 3 is 2.44 bits per heavy atom. The molecule has 0 saturated heterocycles. The molecule has 0 radical (unpaired) electrons. The van der Waals surface area contributed by atoms with Crippen molar-refractivity contribution in [1.29, 1.82) is 0 Å². The number of methoxy groups -OCH3 is 2. The van der Waals surface area contributed by atoms with Crippen LogP contribution in [0.15, 0.2) is 12.1 Å². The molecule has 1 aromatic rings. The van der Waals surface area contributed by atoms with E-state index < -0.39 is 18.0 Å². The van der Waals surface area contributed by atoms with Crippen LogP contribution in [-0.2, 0) is 14.3 Å². The number of halogens is 1. The highest BCUT2D eigenvalue weighted by molar-refractivity contribution is 6.32. The number of carbonyl (C=O) groups is 2. The normalized spacial score (nSPS) is 11.8. The standard InChI is InChI=1S/C17H24ClNO6/c1-10(2)24-15-13(18)8-12(9-14(15)23-5)17(21)25-11(3)16(20)19-6-7-22-4/h8-11H,6-7H2,1-5H3,(H,19,20)/t11-/m0/s1. The van der Waals surface area contributed by atoms with Crippen molar-refractivity contribution in [2.75, 3.05) is 27.4 Å². The summed E-state index contributed by atoms with van der Waals surface area (Å²) in [6, 6.07) is 2.88. The van der Waals surface area contributed by atoms with Crippen LogP contribution < -0.4 is 14.8 Å². The molecule has 1 amide bonds. The fraction of sp³-hybridized carbons (Fsp3) is 0.529. The topological polar surface area (TPSA) is 83.1 Å². The number of amides is 1. The molecule has 0 aliphatic rings. The highest BCUT2D eigenvalue weighted by Gasteiger charge is 2.22. The molecule has 0 aromatic heterocycles. The van der Waals surface area contributed by atoms with Gasteiger partial charge in [0.05, 0.1) is 30.4 Å². The first-order valence-corrected chi connectivity index (χ1v) is 8.19. The molecular weight excluding hydrogens is 350 g/mol. The average molecular weight is 374 g/mol. The molecule has 1 rings (SSSR count). The predicted octanol–water partition coefficient (Wildman–Crippen LogP) is 2.44. The first-order valence-electron chi connectivity index (χ1n) is 7.82. The smallest absolute Gasteiger partial charge is 0.339 e. The number of ether oxygens (including phenoxy) is 4. The summed E-state index contributed by atoms with van der Waals surface area (Å²) < 4.78 is 20.8. The second-order valence-electron chi connectivity index (χ2n) is 5.49. The van der Waals surface area contributed by atoms with E-state index in [2.05, 4.69) is 5.32 Å². The molecule has 7 nitrogen and oxygen atoms in total. The van der Waals surface area contributed by atoms with Gasteiger partial charge in [0, 0.05) is 13.7 Å². The van der Waals surface area contributed by atoms with Crippen molar-refractivity contribution in [2.24, 2.45) is 0 Å². The maximum absolute atomic E-state index is 12.3. The van der Waals surface area contributed by atoms with Crippen LogP contribution >= 0.6 is 11.6 Å². The average Bonchev–Trinajstić information content (AvgIpc) is 2.55. The third kappa shape index (κ3) is 6.43. The van der Waals surface area contributed by atoms with E-state index in [0.717, 1.165) is 0 Å². The quantitative estimate of drug-likeness (QED) is 0.528. The van der Waals surface area contributed by atoms with Crippen LogP contribution in [0.5, 0.6) is 11.5 Å². The predicted molar refractivity (Wildman–Crippen MR) is 93.5 cm³/mol. The summed E-state index contributed by atoms with van der Waals surface area (Å²) in [6.45, 7) is 5.88. The lowest BCUT2D eigenvalue weighted by Gasteiger charge is -2.17. The lowest BCUT2D eigenvalue weighted by Crippen LogP contribution is -2.37. The maximum Gasteiger partial charge on any atom is 0.339 e. The fourth-order valence-corrected chi connectivity index (χ4v) is 2.15. The molecule has 0 unspecified atom stereocenters. The summed E-state index contributed by atoms with van der Waals surface area (Å²) in [4.78, 5) is 24.1. The van der Waals surface area contributed by atoms with Gasteiger partial charge in [0.2, 0.25) is 0 Å². The van der Waals surface area contributed by atoms with Crippen molar-refractivity contribution in [3.8, 4) is 11.5 Å². The van der Waals surface area contributed by atoms with Crippen LogP contribution in [0, 0.1) is 0 Å². The Hall–Kier alpha value is -1.99. The maximum atomic E-state index is 12.3. The summed E-state index contributed by atoms with van der Waals surface area (Å²) in [5.41, 5.74) is 0.162. The zero-order chi connectivity index (χ0) is 19.0. The molecule has 1 atom stereocenters. The molecule has 140 valence electrons. The SMILES string of the molecule is COCCNC(=O)[C@H](C)OC(=O)c1cc(Cl)c(OC(C)C)c(OC)c1. The molecule has 0 fully saturated rings. The van der Waals surface area contributed by atoms with Crippen molar-refractivity contribution >= 4 is 23.5 Å². The molecule has 25 heavy (non-hydrogen) atoms.